The van der Waals surface area contributed by atoms with Gasteiger partial charge in [0, 0.05) is 5.66 Å². The Morgan fingerprint density at radius 2 is 1.33 bits per heavy atom. The summed E-state index contributed by atoms with van der Waals surface area (Å²) in [4.78, 5) is 0. The highest BCUT2D eigenvalue weighted by Gasteiger charge is 2.27. The molecule has 1 fully saturated rings. The summed E-state index contributed by atoms with van der Waals surface area (Å²) >= 11 is 11.3. The van der Waals surface area contributed by atoms with Crippen molar-refractivity contribution in [2.45, 2.75) is 50.6 Å². The molecular formula is C8H15Cl2OP. The van der Waals surface area contributed by atoms with Gasteiger partial charge in [-0.05, 0) is 35.3 Å². The fraction of sp³-hybridized carbons (Fsp3) is 1.00. The number of hydrogen-bond acceptors (Lipinski definition) is 1. The maximum Gasteiger partial charge on any atom is 0.256 e. The van der Waals surface area contributed by atoms with Crippen LogP contribution in [0.25, 0.3) is 0 Å². The lowest BCUT2D eigenvalue weighted by Gasteiger charge is -2.19. The van der Waals surface area contributed by atoms with Crippen molar-refractivity contribution >= 4 is 28.3 Å². The van der Waals surface area contributed by atoms with Gasteiger partial charge in [-0.1, -0.05) is 32.1 Å². The van der Waals surface area contributed by atoms with Crippen LogP contribution in [0.3, 0.4) is 0 Å². The average molecular weight is 229 g/mol. The summed E-state index contributed by atoms with van der Waals surface area (Å²) in [6, 6.07) is 0. The highest BCUT2D eigenvalue weighted by Crippen LogP contribution is 2.63. The summed E-state index contributed by atoms with van der Waals surface area (Å²) in [6.07, 6.45) is 7.95. The Morgan fingerprint density at radius 3 is 1.75 bits per heavy atom. The average Bonchev–Trinajstić information content (AvgIpc) is 1.81. The van der Waals surface area contributed by atoms with Crippen molar-refractivity contribution in [3.63, 3.8) is 0 Å². The van der Waals surface area contributed by atoms with Crippen LogP contribution in [-0.2, 0) is 4.57 Å². The molecule has 0 radical (unpaired) electrons. The molecule has 0 atom stereocenters. The van der Waals surface area contributed by atoms with E-state index in [0.717, 1.165) is 25.7 Å². The van der Waals surface area contributed by atoms with Gasteiger partial charge < -0.3 is 0 Å². The fourth-order valence-corrected chi connectivity index (χ4v) is 3.87. The molecule has 0 unspecified atom stereocenters. The van der Waals surface area contributed by atoms with Crippen LogP contribution in [0.4, 0.5) is 0 Å². The van der Waals surface area contributed by atoms with Crippen molar-refractivity contribution < 1.29 is 4.57 Å². The largest absolute Gasteiger partial charge is 0.289 e. The predicted molar refractivity (Wildman–Crippen MR) is 55.4 cm³/mol. The van der Waals surface area contributed by atoms with Gasteiger partial charge in [0.2, 0.25) is 0 Å². The Balaban J connectivity index is 2.45. The molecule has 1 nitrogen and oxygen atoms in total. The predicted octanol–water partition coefficient (Wildman–Crippen LogP) is 4.77. The maximum atomic E-state index is 11.4. The summed E-state index contributed by atoms with van der Waals surface area (Å²) in [5, 5.41) is 0. The van der Waals surface area contributed by atoms with Crippen LogP contribution in [0.5, 0.6) is 0 Å². The lowest BCUT2D eigenvalue weighted by atomic mass is 10.0. The Bertz CT molecular complexity index is 170. The van der Waals surface area contributed by atoms with Crippen molar-refractivity contribution in [2.75, 3.05) is 0 Å². The summed E-state index contributed by atoms with van der Waals surface area (Å²) in [6.45, 7) is 0. The second-order valence-corrected chi connectivity index (χ2v) is 8.77. The zero-order chi connectivity index (χ0) is 9.03. The molecule has 0 aromatic rings. The molecule has 0 saturated heterocycles. The van der Waals surface area contributed by atoms with Crippen LogP contribution >= 0.6 is 28.3 Å². The number of rotatable bonds is 1. The molecular weight excluding hydrogens is 214 g/mol. The summed E-state index contributed by atoms with van der Waals surface area (Å²) in [7, 11) is 0. The molecule has 0 N–H and O–H groups in total. The molecule has 0 heterocycles. The molecule has 1 saturated carbocycles. The third-order valence-electron chi connectivity index (χ3n) is 2.50. The van der Waals surface area contributed by atoms with E-state index in [0.29, 0.717) is 0 Å². The van der Waals surface area contributed by atoms with E-state index in [4.69, 9.17) is 22.5 Å². The zero-order valence-corrected chi connectivity index (χ0v) is 9.54. The molecule has 1 aliphatic rings. The van der Waals surface area contributed by atoms with E-state index < -0.39 is 5.85 Å². The molecule has 4 heteroatoms. The van der Waals surface area contributed by atoms with Crippen molar-refractivity contribution in [1.82, 2.24) is 0 Å². The second kappa shape index (κ2) is 4.88. The third kappa shape index (κ3) is 3.68. The second-order valence-electron chi connectivity index (χ2n) is 3.50. The smallest absolute Gasteiger partial charge is 0.256 e. The van der Waals surface area contributed by atoms with E-state index >= 15 is 0 Å². The van der Waals surface area contributed by atoms with Gasteiger partial charge in [-0.2, -0.15) is 0 Å². The Labute approximate surface area is 83.8 Å². The van der Waals surface area contributed by atoms with E-state index in [2.05, 4.69) is 0 Å². The SMILES string of the molecule is O=P(Cl)(Cl)C1CCCCCCC1. The molecule has 1 aliphatic carbocycles. The lowest BCUT2D eigenvalue weighted by Crippen LogP contribution is -2.06. The summed E-state index contributed by atoms with van der Waals surface area (Å²) < 4.78 is 11.4. The quantitative estimate of drug-likeness (QED) is 0.592. The molecule has 0 aromatic carbocycles. The van der Waals surface area contributed by atoms with Crippen LogP contribution in [0.1, 0.15) is 44.9 Å². The van der Waals surface area contributed by atoms with Crippen LogP contribution < -0.4 is 0 Å². The van der Waals surface area contributed by atoms with Crippen LogP contribution in [-0.4, -0.2) is 5.66 Å². The summed E-state index contributed by atoms with van der Waals surface area (Å²) in [5.41, 5.74) is 0.0705. The first-order valence-electron chi connectivity index (χ1n) is 4.60. The Morgan fingerprint density at radius 1 is 0.917 bits per heavy atom. The molecule has 0 aliphatic heterocycles. The maximum absolute atomic E-state index is 11.4. The van der Waals surface area contributed by atoms with E-state index in [-0.39, 0.29) is 5.66 Å². The van der Waals surface area contributed by atoms with Gasteiger partial charge in [0.25, 0.3) is 5.85 Å². The summed E-state index contributed by atoms with van der Waals surface area (Å²) in [5.74, 6) is -2.84. The van der Waals surface area contributed by atoms with E-state index in [1.807, 2.05) is 0 Å². The van der Waals surface area contributed by atoms with Crippen LogP contribution in [0.15, 0.2) is 0 Å². The van der Waals surface area contributed by atoms with Crippen molar-refractivity contribution in [3.8, 4) is 0 Å². The zero-order valence-electron chi connectivity index (χ0n) is 7.14. The molecule has 12 heavy (non-hydrogen) atoms. The van der Waals surface area contributed by atoms with Gasteiger partial charge in [0.1, 0.15) is 0 Å². The minimum Gasteiger partial charge on any atom is -0.289 e. The van der Waals surface area contributed by atoms with E-state index in [1.54, 1.807) is 0 Å². The van der Waals surface area contributed by atoms with Gasteiger partial charge in [-0.3, -0.25) is 4.57 Å². The highest BCUT2D eigenvalue weighted by atomic mass is 35.9. The lowest BCUT2D eigenvalue weighted by molar-refractivity contribution is 0.496. The fourth-order valence-electron chi connectivity index (χ4n) is 1.74. The van der Waals surface area contributed by atoms with Crippen molar-refractivity contribution in [3.05, 3.63) is 0 Å². The molecule has 1 rings (SSSR count). The minimum absolute atomic E-state index is 0.0705. The van der Waals surface area contributed by atoms with Gasteiger partial charge in [-0.25, -0.2) is 0 Å². The third-order valence-corrected chi connectivity index (χ3v) is 5.52. The number of hydrogen-bond donors (Lipinski definition) is 0. The van der Waals surface area contributed by atoms with Gasteiger partial charge in [0.05, 0.1) is 0 Å². The Kier molecular flexibility index (Phi) is 4.43. The normalized spacial score (nSPS) is 23.2. The molecule has 0 spiro atoms. The molecule has 0 amide bonds. The highest BCUT2D eigenvalue weighted by molar-refractivity contribution is 8.09. The van der Waals surface area contributed by atoms with Crippen molar-refractivity contribution in [1.29, 1.82) is 0 Å². The molecule has 0 aromatic heterocycles. The monoisotopic (exact) mass is 228 g/mol. The van der Waals surface area contributed by atoms with Crippen LogP contribution in [0.2, 0.25) is 0 Å². The standard InChI is InChI=1S/C8H15Cl2OP/c9-12(10,11)8-6-4-2-1-3-5-7-8/h8H,1-7H2. The van der Waals surface area contributed by atoms with Gasteiger partial charge in [-0.15, -0.1) is 0 Å². The van der Waals surface area contributed by atoms with E-state index in [9.17, 15) is 4.57 Å². The molecule has 72 valence electrons. The topological polar surface area (TPSA) is 17.1 Å². The number of halogens is 2. The minimum atomic E-state index is -2.84. The van der Waals surface area contributed by atoms with Crippen molar-refractivity contribution in [2.24, 2.45) is 0 Å². The van der Waals surface area contributed by atoms with Gasteiger partial charge >= 0.3 is 0 Å². The Hall–Kier alpha value is 0.810. The first kappa shape index (κ1) is 10.9. The first-order chi connectivity index (χ1) is 5.61. The first-order valence-corrected chi connectivity index (χ1v) is 8.18. The van der Waals surface area contributed by atoms with E-state index in [1.165, 1.54) is 19.3 Å². The molecule has 0 bridgehead atoms. The van der Waals surface area contributed by atoms with Crippen LogP contribution in [0, 0.1) is 0 Å². The van der Waals surface area contributed by atoms with Gasteiger partial charge in [0.15, 0.2) is 0 Å².